The monoisotopic (exact) mass is 198 g/mol. The molecule has 0 bridgehead atoms. The van der Waals surface area contributed by atoms with Crippen LogP contribution in [-0.2, 0) is 10.3 Å². The molecule has 2 unspecified atom stereocenters. The second kappa shape index (κ2) is 3.40. The van der Waals surface area contributed by atoms with Gasteiger partial charge in [-0.2, -0.15) is 11.3 Å². The Morgan fingerprint density at radius 2 is 2.54 bits per heavy atom. The molecule has 1 aliphatic heterocycles. The molecule has 2 heterocycles. The van der Waals surface area contributed by atoms with Gasteiger partial charge in [0.25, 0.3) is 0 Å². The van der Waals surface area contributed by atoms with Gasteiger partial charge in [-0.1, -0.05) is 6.92 Å². The summed E-state index contributed by atoms with van der Waals surface area (Å²) in [4.78, 5) is 0. The summed E-state index contributed by atoms with van der Waals surface area (Å²) in [5, 5.41) is 14.5. The largest absolute Gasteiger partial charge is 0.385 e. The van der Waals surface area contributed by atoms with E-state index in [4.69, 9.17) is 4.74 Å². The van der Waals surface area contributed by atoms with Crippen LogP contribution in [0.25, 0.3) is 0 Å². The van der Waals surface area contributed by atoms with Crippen LogP contribution in [0.4, 0.5) is 0 Å². The van der Waals surface area contributed by atoms with Crippen molar-refractivity contribution in [3.8, 4) is 0 Å². The molecule has 1 aliphatic rings. The minimum Gasteiger partial charge on any atom is -0.385 e. The van der Waals surface area contributed by atoms with Gasteiger partial charge in [-0.25, -0.2) is 0 Å². The molecule has 1 N–H and O–H groups in total. The zero-order valence-corrected chi connectivity index (χ0v) is 8.51. The molecule has 0 aliphatic carbocycles. The zero-order chi connectivity index (χ0) is 9.31. The predicted octanol–water partition coefficient (Wildman–Crippen LogP) is 1.99. The first-order valence-electron chi connectivity index (χ1n) is 4.56. The van der Waals surface area contributed by atoms with Gasteiger partial charge in [0, 0.05) is 18.9 Å². The molecule has 72 valence electrons. The van der Waals surface area contributed by atoms with Crippen molar-refractivity contribution in [1.82, 2.24) is 0 Å². The molecular formula is C10H14O2S. The molecule has 1 saturated heterocycles. The van der Waals surface area contributed by atoms with E-state index in [1.54, 1.807) is 11.3 Å². The van der Waals surface area contributed by atoms with E-state index < -0.39 is 5.60 Å². The molecule has 0 aromatic carbocycles. The maximum Gasteiger partial charge on any atom is 0.0973 e. The van der Waals surface area contributed by atoms with Crippen LogP contribution in [0.15, 0.2) is 16.8 Å². The minimum absolute atomic E-state index is 0.191. The van der Waals surface area contributed by atoms with E-state index in [0.717, 1.165) is 5.56 Å². The number of hydrogen-bond acceptors (Lipinski definition) is 3. The lowest BCUT2D eigenvalue weighted by Crippen LogP contribution is -2.40. The molecule has 2 nitrogen and oxygen atoms in total. The fourth-order valence-corrected chi connectivity index (χ4v) is 2.54. The molecule has 0 saturated carbocycles. The van der Waals surface area contributed by atoms with Gasteiger partial charge in [-0.3, -0.25) is 0 Å². The Morgan fingerprint density at radius 1 is 1.69 bits per heavy atom. The quantitative estimate of drug-likeness (QED) is 0.747. The van der Waals surface area contributed by atoms with Crippen LogP contribution >= 0.6 is 11.3 Å². The van der Waals surface area contributed by atoms with Crippen molar-refractivity contribution in [1.29, 1.82) is 0 Å². The highest BCUT2D eigenvalue weighted by Crippen LogP contribution is 2.37. The maximum absolute atomic E-state index is 10.4. The van der Waals surface area contributed by atoms with Crippen LogP contribution in [0.1, 0.15) is 18.9 Å². The lowest BCUT2D eigenvalue weighted by atomic mass is 9.80. The lowest BCUT2D eigenvalue weighted by molar-refractivity contribution is -0.111. The van der Waals surface area contributed by atoms with Crippen molar-refractivity contribution in [3.63, 3.8) is 0 Å². The molecular weight excluding hydrogens is 184 g/mol. The SMILES string of the molecule is CC1COCCC1(O)c1ccsc1. The number of thiophene rings is 1. The van der Waals surface area contributed by atoms with Crippen molar-refractivity contribution < 1.29 is 9.84 Å². The third-order valence-corrected chi connectivity index (χ3v) is 3.51. The summed E-state index contributed by atoms with van der Waals surface area (Å²) in [6.45, 7) is 3.36. The minimum atomic E-state index is -0.655. The first-order valence-corrected chi connectivity index (χ1v) is 5.50. The summed E-state index contributed by atoms with van der Waals surface area (Å²) in [6, 6.07) is 2.01. The molecule has 13 heavy (non-hydrogen) atoms. The van der Waals surface area contributed by atoms with Gasteiger partial charge < -0.3 is 9.84 Å². The van der Waals surface area contributed by atoms with Gasteiger partial charge in [-0.15, -0.1) is 0 Å². The molecule has 0 amide bonds. The van der Waals surface area contributed by atoms with Crippen LogP contribution < -0.4 is 0 Å². The van der Waals surface area contributed by atoms with E-state index in [9.17, 15) is 5.11 Å². The molecule has 2 atom stereocenters. The van der Waals surface area contributed by atoms with E-state index in [2.05, 4.69) is 0 Å². The van der Waals surface area contributed by atoms with Crippen molar-refractivity contribution in [3.05, 3.63) is 22.4 Å². The van der Waals surface area contributed by atoms with Gasteiger partial charge >= 0.3 is 0 Å². The van der Waals surface area contributed by atoms with Gasteiger partial charge in [0.05, 0.1) is 12.2 Å². The summed E-state index contributed by atoms with van der Waals surface area (Å²) in [5.41, 5.74) is 0.395. The fourth-order valence-electron chi connectivity index (χ4n) is 1.81. The highest BCUT2D eigenvalue weighted by Gasteiger charge is 2.38. The average Bonchev–Trinajstić information content (AvgIpc) is 2.63. The molecule has 0 spiro atoms. The number of rotatable bonds is 1. The van der Waals surface area contributed by atoms with E-state index >= 15 is 0 Å². The Hall–Kier alpha value is -0.380. The van der Waals surface area contributed by atoms with Crippen LogP contribution in [0.2, 0.25) is 0 Å². The highest BCUT2D eigenvalue weighted by molar-refractivity contribution is 7.08. The Bertz CT molecular complexity index is 270. The van der Waals surface area contributed by atoms with E-state index in [-0.39, 0.29) is 5.92 Å². The second-order valence-corrected chi connectivity index (χ2v) is 4.44. The molecule has 1 fully saturated rings. The van der Waals surface area contributed by atoms with Gasteiger partial charge in [0.1, 0.15) is 0 Å². The van der Waals surface area contributed by atoms with Crippen LogP contribution in [0.5, 0.6) is 0 Å². The third-order valence-electron chi connectivity index (χ3n) is 2.83. The van der Waals surface area contributed by atoms with E-state index in [0.29, 0.717) is 19.6 Å². The topological polar surface area (TPSA) is 29.5 Å². The standard InChI is InChI=1S/C10H14O2S/c1-8-6-12-4-3-10(8,11)9-2-5-13-7-9/h2,5,7-8,11H,3-4,6H2,1H3. The molecule has 3 heteroatoms. The Kier molecular flexibility index (Phi) is 2.41. The summed E-state index contributed by atoms with van der Waals surface area (Å²) in [6.07, 6.45) is 0.713. The number of ether oxygens (including phenoxy) is 1. The Labute approximate surface area is 82.2 Å². The third kappa shape index (κ3) is 1.52. The normalized spacial score (nSPS) is 34.8. The summed E-state index contributed by atoms with van der Waals surface area (Å²) in [5.74, 6) is 0.191. The van der Waals surface area contributed by atoms with Crippen LogP contribution in [0.3, 0.4) is 0 Å². The lowest BCUT2D eigenvalue weighted by Gasteiger charge is -2.37. The molecule has 1 aromatic rings. The van der Waals surface area contributed by atoms with Crippen LogP contribution in [0, 0.1) is 5.92 Å². The first kappa shape index (κ1) is 9.19. The smallest absolute Gasteiger partial charge is 0.0973 e. The Morgan fingerprint density at radius 3 is 3.15 bits per heavy atom. The van der Waals surface area contributed by atoms with Gasteiger partial charge in [-0.05, 0) is 22.4 Å². The average molecular weight is 198 g/mol. The summed E-state index contributed by atoms with van der Waals surface area (Å²) in [7, 11) is 0. The molecule has 1 aromatic heterocycles. The highest BCUT2D eigenvalue weighted by atomic mass is 32.1. The predicted molar refractivity (Wildman–Crippen MR) is 52.8 cm³/mol. The van der Waals surface area contributed by atoms with Gasteiger partial charge in [0.2, 0.25) is 0 Å². The van der Waals surface area contributed by atoms with E-state index in [1.165, 1.54) is 0 Å². The second-order valence-electron chi connectivity index (χ2n) is 3.66. The number of aliphatic hydroxyl groups is 1. The van der Waals surface area contributed by atoms with Gasteiger partial charge in [0.15, 0.2) is 0 Å². The van der Waals surface area contributed by atoms with E-state index in [1.807, 2.05) is 23.8 Å². The first-order chi connectivity index (χ1) is 6.23. The van der Waals surface area contributed by atoms with Crippen molar-refractivity contribution in [2.24, 2.45) is 5.92 Å². The molecule has 0 radical (unpaired) electrons. The fraction of sp³-hybridized carbons (Fsp3) is 0.600. The molecule has 2 rings (SSSR count). The summed E-state index contributed by atoms with van der Waals surface area (Å²) >= 11 is 1.63. The number of hydrogen-bond donors (Lipinski definition) is 1. The van der Waals surface area contributed by atoms with Crippen molar-refractivity contribution in [2.75, 3.05) is 13.2 Å². The van der Waals surface area contributed by atoms with Crippen molar-refractivity contribution >= 4 is 11.3 Å². The maximum atomic E-state index is 10.4. The zero-order valence-electron chi connectivity index (χ0n) is 7.69. The summed E-state index contributed by atoms with van der Waals surface area (Å²) < 4.78 is 5.32. The van der Waals surface area contributed by atoms with Crippen molar-refractivity contribution in [2.45, 2.75) is 18.9 Å². The Balaban J connectivity index is 2.27. The van der Waals surface area contributed by atoms with Crippen LogP contribution in [-0.4, -0.2) is 18.3 Å².